The lowest BCUT2D eigenvalue weighted by molar-refractivity contribution is 0.101. The van der Waals surface area contributed by atoms with Gasteiger partial charge in [0.1, 0.15) is 6.54 Å². The number of carbonyl (C=O) groups excluding carboxylic acids is 1. The van der Waals surface area contributed by atoms with Crippen molar-refractivity contribution in [3.63, 3.8) is 0 Å². The first-order valence-corrected chi connectivity index (χ1v) is 3.44. The van der Waals surface area contributed by atoms with Gasteiger partial charge < -0.3 is 0 Å². The van der Waals surface area contributed by atoms with Crippen LogP contribution in [0.5, 0.6) is 0 Å². The van der Waals surface area contributed by atoms with Crippen molar-refractivity contribution in [3.8, 4) is 6.07 Å². The van der Waals surface area contributed by atoms with E-state index in [-0.39, 0.29) is 12.3 Å². The molecule has 1 aromatic heterocycles. The van der Waals surface area contributed by atoms with Crippen molar-refractivity contribution in [2.24, 2.45) is 0 Å². The van der Waals surface area contributed by atoms with E-state index in [4.69, 9.17) is 5.26 Å². The van der Waals surface area contributed by atoms with Crippen LogP contribution in [0.3, 0.4) is 0 Å². The summed E-state index contributed by atoms with van der Waals surface area (Å²) >= 11 is 0. The molecule has 0 amide bonds. The Morgan fingerprint density at radius 2 is 2.42 bits per heavy atom. The third-order valence-corrected chi connectivity index (χ3v) is 1.54. The first-order valence-electron chi connectivity index (χ1n) is 3.44. The molecular formula is C7H8N4O. The Balaban J connectivity index is 3.06. The molecule has 5 nitrogen and oxygen atoms in total. The topological polar surface area (TPSA) is 71.6 Å². The Labute approximate surface area is 69.6 Å². The SMILES string of the molecule is CC(=O)c1nnn(CC#N)c1C. The van der Waals surface area contributed by atoms with Gasteiger partial charge in [0.15, 0.2) is 11.5 Å². The Hall–Kier alpha value is -1.70. The minimum Gasteiger partial charge on any atom is -0.293 e. The number of aromatic nitrogens is 3. The Morgan fingerprint density at radius 1 is 1.75 bits per heavy atom. The van der Waals surface area contributed by atoms with Gasteiger partial charge in [-0.1, -0.05) is 5.21 Å². The van der Waals surface area contributed by atoms with Crippen LogP contribution >= 0.6 is 0 Å². The van der Waals surface area contributed by atoms with Gasteiger partial charge >= 0.3 is 0 Å². The molecule has 1 heterocycles. The van der Waals surface area contributed by atoms with Crippen LogP contribution in [0.15, 0.2) is 0 Å². The summed E-state index contributed by atoms with van der Waals surface area (Å²) in [6, 6.07) is 1.93. The molecule has 0 aromatic carbocycles. The van der Waals surface area contributed by atoms with E-state index in [9.17, 15) is 4.79 Å². The standard InChI is InChI=1S/C7H8N4O/c1-5-7(6(2)12)9-10-11(5)4-3-8/h4H2,1-2H3. The summed E-state index contributed by atoms with van der Waals surface area (Å²) in [4.78, 5) is 10.9. The monoisotopic (exact) mass is 164 g/mol. The van der Waals surface area contributed by atoms with Crippen LogP contribution in [0.4, 0.5) is 0 Å². The van der Waals surface area contributed by atoms with Gasteiger partial charge in [0.2, 0.25) is 0 Å². The summed E-state index contributed by atoms with van der Waals surface area (Å²) in [6.07, 6.45) is 0. The highest BCUT2D eigenvalue weighted by molar-refractivity contribution is 5.92. The lowest BCUT2D eigenvalue weighted by Gasteiger charge is -1.94. The molecule has 0 atom stereocenters. The molecule has 0 spiro atoms. The largest absolute Gasteiger partial charge is 0.293 e. The van der Waals surface area contributed by atoms with Crippen LogP contribution in [0.2, 0.25) is 0 Å². The van der Waals surface area contributed by atoms with Crippen LogP contribution in [-0.4, -0.2) is 20.8 Å². The summed E-state index contributed by atoms with van der Waals surface area (Å²) in [5.74, 6) is -0.128. The van der Waals surface area contributed by atoms with E-state index in [0.29, 0.717) is 11.4 Å². The molecule has 62 valence electrons. The molecule has 0 aliphatic carbocycles. The molecule has 0 saturated carbocycles. The van der Waals surface area contributed by atoms with Gasteiger partial charge in [-0.25, -0.2) is 4.68 Å². The van der Waals surface area contributed by atoms with Crippen LogP contribution in [0.25, 0.3) is 0 Å². The predicted molar refractivity (Wildman–Crippen MR) is 40.4 cm³/mol. The van der Waals surface area contributed by atoms with Crippen LogP contribution in [-0.2, 0) is 6.54 Å². The van der Waals surface area contributed by atoms with Crippen LogP contribution in [0.1, 0.15) is 23.1 Å². The highest BCUT2D eigenvalue weighted by Gasteiger charge is 2.11. The number of rotatable bonds is 2. The van der Waals surface area contributed by atoms with Gasteiger partial charge in [-0.3, -0.25) is 4.79 Å². The number of Topliss-reactive ketones (excluding diaryl/α,β-unsaturated/α-hetero) is 1. The normalized spacial score (nSPS) is 9.42. The number of nitriles is 1. The Kier molecular flexibility index (Phi) is 2.19. The highest BCUT2D eigenvalue weighted by atomic mass is 16.1. The fourth-order valence-corrected chi connectivity index (χ4v) is 0.903. The quantitative estimate of drug-likeness (QED) is 0.590. The van der Waals surface area contributed by atoms with Gasteiger partial charge in [-0.2, -0.15) is 5.26 Å². The fraction of sp³-hybridized carbons (Fsp3) is 0.429. The van der Waals surface area contributed by atoms with Gasteiger partial charge in [0.25, 0.3) is 0 Å². The lowest BCUT2D eigenvalue weighted by Crippen LogP contribution is -2.02. The van der Waals surface area contributed by atoms with Crippen molar-refractivity contribution >= 4 is 5.78 Å². The highest BCUT2D eigenvalue weighted by Crippen LogP contribution is 2.03. The number of carbonyl (C=O) groups is 1. The molecule has 0 unspecified atom stereocenters. The molecule has 0 radical (unpaired) electrons. The van der Waals surface area contributed by atoms with E-state index in [1.54, 1.807) is 6.92 Å². The molecule has 0 fully saturated rings. The average Bonchev–Trinajstić information content (AvgIpc) is 2.34. The first-order chi connectivity index (χ1) is 5.66. The molecule has 0 aliphatic heterocycles. The number of ketones is 1. The summed E-state index contributed by atoms with van der Waals surface area (Å²) in [7, 11) is 0. The zero-order valence-electron chi connectivity index (χ0n) is 6.90. The molecule has 0 N–H and O–H groups in total. The summed E-state index contributed by atoms with van der Waals surface area (Å²) in [5, 5.41) is 15.7. The van der Waals surface area contributed by atoms with Crippen molar-refractivity contribution < 1.29 is 4.79 Å². The minimum atomic E-state index is -0.128. The van der Waals surface area contributed by atoms with Crippen molar-refractivity contribution in [2.75, 3.05) is 0 Å². The van der Waals surface area contributed by atoms with E-state index in [1.165, 1.54) is 11.6 Å². The van der Waals surface area contributed by atoms with Gasteiger partial charge in [0.05, 0.1) is 11.8 Å². The van der Waals surface area contributed by atoms with Crippen LogP contribution < -0.4 is 0 Å². The van der Waals surface area contributed by atoms with Crippen molar-refractivity contribution in [3.05, 3.63) is 11.4 Å². The second-order valence-corrected chi connectivity index (χ2v) is 2.40. The molecule has 0 bridgehead atoms. The fourth-order valence-electron chi connectivity index (χ4n) is 0.903. The third-order valence-electron chi connectivity index (χ3n) is 1.54. The predicted octanol–water partition coefficient (Wildman–Crippen LogP) is 0.313. The Bertz CT molecular complexity index is 347. The van der Waals surface area contributed by atoms with Crippen molar-refractivity contribution in [2.45, 2.75) is 20.4 Å². The second kappa shape index (κ2) is 3.13. The summed E-state index contributed by atoms with van der Waals surface area (Å²) < 4.78 is 1.40. The number of nitrogens with zero attached hydrogens (tertiary/aromatic N) is 4. The Morgan fingerprint density at radius 3 is 2.83 bits per heavy atom. The molecule has 0 aliphatic rings. The lowest BCUT2D eigenvalue weighted by atomic mass is 10.2. The zero-order chi connectivity index (χ0) is 9.14. The van der Waals surface area contributed by atoms with E-state index >= 15 is 0 Å². The summed E-state index contributed by atoms with van der Waals surface area (Å²) in [6.45, 7) is 3.27. The smallest absolute Gasteiger partial charge is 0.181 e. The molecule has 0 saturated heterocycles. The zero-order valence-corrected chi connectivity index (χ0v) is 6.90. The van der Waals surface area contributed by atoms with E-state index < -0.39 is 0 Å². The molecular weight excluding hydrogens is 156 g/mol. The maximum Gasteiger partial charge on any atom is 0.181 e. The van der Waals surface area contributed by atoms with Gasteiger partial charge in [-0.15, -0.1) is 5.10 Å². The third kappa shape index (κ3) is 1.32. The average molecular weight is 164 g/mol. The summed E-state index contributed by atoms with van der Waals surface area (Å²) in [5.41, 5.74) is 0.981. The maximum absolute atomic E-state index is 10.9. The number of hydrogen-bond acceptors (Lipinski definition) is 4. The maximum atomic E-state index is 10.9. The minimum absolute atomic E-state index is 0.128. The first kappa shape index (κ1) is 8.40. The van der Waals surface area contributed by atoms with Gasteiger partial charge in [-0.05, 0) is 6.92 Å². The molecule has 12 heavy (non-hydrogen) atoms. The van der Waals surface area contributed by atoms with Gasteiger partial charge in [0, 0.05) is 6.92 Å². The number of hydrogen-bond donors (Lipinski definition) is 0. The van der Waals surface area contributed by atoms with E-state index in [0.717, 1.165) is 0 Å². The van der Waals surface area contributed by atoms with Crippen molar-refractivity contribution in [1.29, 1.82) is 5.26 Å². The molecule has 5 heteroatoms. The van der Waals surface area contributed by atoms with E-state index in [1.807, 2.05) is 6.07 Å². The van der Waals surface area contributed by atoms with Crippen LogP contribution in [0, 0.1) is 18.3 Å². The second-order valence-electron chi connectivity index (χ2n) is 2.40. The van der Waals surface area contributed by atoms with E-state index in [2.05, 4.69) is 10.3 Å². The molecule has 1 aromatic rings. The molecule has 1 rings (SSSR count). The van der Waals surface area contributed by atoms with Crippen molar-refractivity contribution in [1.82, 2.24) is 15.0 Å².